The van der Waals surface area contributed by atoms with Gasteiger partial charge in [0.05, 0.1) is 26.2 Å². The Morgan fingerprint density at radius 2 is 2.04 bits per heavy atom. The lowest BCUT2D eigenvalue weighted by Gasteiger charge is -2.28. The number of hydrogen-bond donors (Lipinski definition) is 0. The van der Waals surface area contributed by atoms with Crippen molar-refractivity contribution in [2.45, 2.75) is 24.9 Å². The molecular formula is C20H23N3O4. The highest BCUT2D eigenvalue weighted by molar-refractivity contribution is 5.89. The van der Waals surface area contributed by atoms with E-state index in [1.807, 2.05) is 24.3 Å². The van der Waals surface area contributed by atoms with Crippen molar-refractivity contribution in [3.05, 3.63) is 54.6 Å². The van der Waals surface area contributed by atoms with Gasteiger partial charge in [-0.3, -0.25) is 4.79 Å². The standard InChI is InChI=1S/C20H23N3O4/c1-4-15-12-22(13-21-15)18(14-7-9-16(26-2)10-8-14)19(24)23-11-5-6-17(23)20(25)27-3/h4,7-10,12-13,17-18H,1,5-6,11H2,2-3H3/t17-,18?/m1/s1. The van der Waals surface area contributed by atoms with E-state index < -0.39 is 12.1 Å². The zero-order valence-corrected chi connectivity index (χ0v) is 15.5. The molecule has 1 aliphatic rings. The largest absolute Gasteiger partial charge is 0.497 e. The molecular weight excluding hydrogens is 346 g/mol. The Balaban J connectivity index is 1.99. The summed E-state index contributed by atoms with van der Waals surface area (Å²) < 4.78 is 11.8. The molecule has 0 radical (unpaired) electrons. The molecule has 0 aliphatic carbocycles. The maximum absolute atomic E-state index is 13.4. The number of likely N-dealkylation sites (tertiary alicyclic amines) is 1. The second-order valence-electron chi connectivity index (χ2n) is 6.34. The summed E-state index contributed by atoms with van der Waals surface area (Å²) in [6, 6.07) is 6.12. The van der Waals surface area contributed by atoms with Crippen molar-refractivity contribution < 1.29 is 19.1 Å². The van der Waals surface area contributed by atoms with Gasteiger partial charge in [-0.2, -0.15) is 0 Å². The molecule has 1 aliphatic heterocycles. The summed E-state index contributed by atoms with van der Waals surface area (Å²) in [5, 5.41) is 0. The summed E-state index contributed by atoms with van der Waals surface area (Å²) in [5.41, 5.74) is 1.46. The molecule has 7 heteroatoms. The summed E-state index contributed by atoms with van der Waals surface area (Å²) in [6.45, 7) is 4.24. The van der Waals surface area contributed by atoms with Crippen LogP contribution in [0, 0.1) is 0 Å². The first-order valence-electron chi connectivity index (χ1n) is 8.77. The lowest BCUT2D eigenvalue weighted by molar-refractivity contribution is -0.151. The Kier molecular flexibility index (Phi) is 5.59. The highest BCUT2D eigenvalue weighted by Gasteiger charge is 2.38. The van der Waals surface area contributed by atoms with E-state index in [0.717, 1.165) is 12.0 Å². The van der Waals surface area contributed by atoms with Crippen LogP contribution in [0.25, 0.3) is 6.08 Å². The third-order valence-corrected chi connectivity index (χ3v) is 4.80. The van der Waals surface area contributed by atoms with Crippen molar-refractivity contribution in [2.75, 3.05) is 20.8 Å². The number of hydrogen-bond acceptors (Lipinski definition) is 5. The second-order valence-corrected chi connectivity index (χ2v) is 6.34. The molecule has 2 atom stereocenters. The van der Waals surface area contributed by atoms with E-state index in [4.69, 9.17) is 9.47 Å². The monoisotopic (exact) mass is 369 g/mol. The number of rotatable bonds is 6. The van der Waals surface area contributed by atoms with Crippen molar-refractivity contribution in [3.8, 4) is 5.75 Å². The van der Waals surface area contributed by atoms with E-state index in [0.29, 0.717) is 24.4 Å². The predicted octanol–water partition coefficient (Wildman–Crippen LogP) is 2.29. The Hall–Kier alpha value is -3.09. The molecule has 1 amide bonds. The molecule has 27 heavy (non-hydrogen) atoms. The van der Waals surface area contributed by atoms with Gasteiger partial charge in [0.25, 0.3) is 5.91 Å². The van der Waals surface area contributed by atoms with Crippen LogP contribution < -0.4 is 4.74 Å². The fourth-order valence-corrected chi connectivity index (χ4v) is 3.40. The molecule has 0 bridgehead atoms. The zero-order valence-electron chi connectivity index (χ0n) is 15.5. The molecule has 142 valence electrons. The van der Waals surface area contributed by atoms with E-state index in [1.54, 1.807) is 35.2 Å². The number of ether oxygens (including phenoxy) is 2. The predicted molar refractivity (Wildman–Crippen MR) is 100 cm³/mol. The molecule has 7 nitrogen and oxygen atoms in total. The highest BCUT2D eigenvalue weighted by atomic mass is 16.5. The average molecular weight is 369 g/mol. The van der Waals surface area contributed by atoms with E-state index in [9.17, 15) is 9.59 Å². The van der Waals surface area contributed by atoms with Gasteiger partial charge in [0.2, 0.25) is 0 Å². The number of carbonyl (C=O) groups excluding carboxylic acids is 2. The molecule has 2 aromatic rings. The molecule has 1 saturated heterocycles. The van der Waals surface area contributed by atoms with Gasteiger partial charge in [-0.1, -0.05) is 18.7 Å². The van der Waals surface area contributed by atoms with Crippen LogP contribution >= 0.6 is 0 Å². The highest BCUT2D eigenvalue weighted by Crippen LogP contribution is 2.28. The van der Waals surface area contributed by atoms with E-state index in [2.05, 4.69) is 11.6 Å². The molecule has 1 aromatic heterocycles. The zero-order chi connectivity index (χ0) is 19.4. The van der Waals surface area contributed by atoms with Crippen molar-refractivity contribution in [1.29, 1.82) is 0 Å². The SMILES string of the molecule is C=Cc1cn(C(C(=O)N2CCC[C@@H]2C(=O)OC)c2ccc(OC)cc2)cn1. The fourth-order valence-electron chi connectivity index (χ4n) is 3.40. The number of aromatic nitrogens is 2. The first kappa shape index (κ1) is 18.7. The van der Waals surface area contributed by atoms with Gasteiger partial charge in [0, 0.05) is 12.7 Å². The van der Waals surface area contributed by atoms with Gasteiger partial charge < -0.3 is 18.9 Å². The van der Waals surface area contributed by atoms with Crippen molar-refractivity contribution in [2.24, 2.45) is 0 Å². The van der Waals surface area contributed by atoms with Gasteiger partial charge >= 0.3 is 5.97 Å². The molecule has 0 spiro atoms. The van der Waals surface area contributed by atoms with Crippen LogP contribution in [0.3, 0.4) is 0 Å². The van der Waals surface area contributed by atoms with Crippen molar-refractivity contribution in [1.82, 2.24) is 14.5 Å². The summed E-state index contributed by atoms with van der Waals surface area (Å²) in [7, 11) is 2.94. The Morgan fingerprint density at radius 3 is 2.63 bits per heavy atom. The Bertz CT molecular complexity index is 828. The number of nitrogens with zero attached hydrogens (tertiary/aromatic N) is 3. The van der Waals surface area contributed by atoms with Gasteiger partial charge in [-0.15, -0.1) is 0 Å². The molecule has 1 fully saturated rings. The molecule has 0 N–H and O–H groups in total. The van der Waals surface area contributed by atoms with Crippen LogP contribution in [-0.2, 0) is 14.3 Å². The molecule has 3 rings (SSSR count). The Labute approximate surface area is 158 Å². The number of amides is 1. The smallest absolute Gasteiger partial charge is 0.328 e. The normalized spacial score (nSPS) is 17.4. The first-order chi connectivity index (χ1) is 13.1. The maximum atomic E-state index is 13.4. The van der Waals surface area contributed by atoms with Crippen LogP contribution in [0.1, 0.15) is 30.1 Å². The topological polar surface area (TPSA) is 73.7 Å². The molecule has 1 unspecified atom stereocenters. The molecule has 1 aromatic carbocycles. The summed E-state index contributed by atoms with van der Waals surface area (Å²) in [4.78, 5) is 31.4. The number of benzene rings is 1. The van der Waals surface area contributed by atoms with Gasteiger partial charge in [-0.05, 0) is 36.6 Å². The summed E-state index contributed by atoms with van der Waals surface area (Å²) >= 11 is 0. The maximum Gasteiger partial charge on any atom is 0.328 e. The van der Waals surface area contributed by atoms with Gasteiger partial charge in [0.15, 0.2) is 0 Å². The molecule has 2 heterocycles. The minimum Gasteiger partial charge on any atom is -0.497 e. The number of imidazole rings is 1. The van der Waals surface area contributed by atoms with Gasteiger partial charge in [0.1, 0.15) is 17.8 Å². The molecule has 0 saturated carbocycles. The number of carbonyl (C=O) groups is 2. The number of methoxy groups -OCH3 is 2. The average Bonchev–Trinajstić information content (AvgIpc) is 3.37. The minimum atomic E-state index is -0.637. The van der Waals surface area contributed by atoms with E-state index in [1.165, 1.54) is 7.11 Å². The van der Waals surface area contributed by atoms with E-state index >= 15 is 0 Å². The Morgan fingerprint density at radius 1 is 1.30 bits per heavy atom. The van der Waals surface area contributed by atoms with E-state index in [-0.39, 0.29) is 11.9 Å². The lowest BCUT2D eigenvalue weighted by Crippen LogP contribution is -2.44. The second kappa shape index (κ2) is 8.07. The van der Waals surface area contributed by atoms with Gasteiger partial charge in [-0.25, -0.2) is 9.78 Å². The quantitative estimate of drug-likeness (QED) is 0.731. The van der Waals surface area contributed by atoms with Crippen LogP contribution in [0.15, 0.2) is 43.4 Å². The third-order valence-electron chi connectivity index (χ3n) is 4.80. The van der Waals surface area contributed by atoms with Crippen LogP contribution in [0.2, 0.25) is 0 Å². The van der Waals surface area contributed by atoms with Crippen LogP contribution in [-0.4, -0.2) is 53.1 Å². The minimum absolute atomic E-state index is 0.166. The van der Waals surface area contributed by atoms with Crippen molar-refractivity contribution >= 4 is 18.0 Å². The summed E-state index contributed by atoms with van der Waals surface area (Å²) in [5.74, 6) is 0.156. The van der Waals surface area contributed by atoms with Crippen LogP contribution in [0.4, 0.5) is 0 Å². The summed E-state index contributed by atoms with van der Waals surface area (Å²) in [6.07, 6.45) is 6.37. The third kappa shape index (κ3) is 3.72. The van der Waals surface area contributed by atoms with Crippen LogP contribution in [0.5, 0.6) is 5.75 Å². The first-order valence-corrected chi connectivity index (χ1v) is 8.77. The number of esters is 1. The van der Waals surface area contributed by atoms with Crippen molar-refractivity contribution in [3.63, 3.8) is 0 Å². The fraction of sp³-hybridized carbons (Fsp3) is 0.350. The lowest BCUT2D eigenvalue weighted by atomic mass is 10.0.